The summed E-state index contributed by atoms with van der Waals surface area (Å²) in [5.41, 5.74) is 3.25. The molecule has 1 atom stereocenters. The lowest BCUT2D eigenvalue weighted by Crippen LogP contribution is -2.36. The zero-order chi connectivity index (χ0) is 21.9. The first kappa shape index (κ1) is 20.7. The van der Waals surface area contributed by atoms with Gasteiger partial charge >= 0.3 is 0 Å². The summed E-state index contributed by atoms with van der Waals surface area (Å²) in [7, 11) is 0. The Morgan fingerprint density at radius 3 is 2.66 bits per heavy atom. The van der Waals surface area contributed by atoms with E-state index < -0.39 is 0 Å². The number of hydrogen-bond acceptors (Lipinski definition) is 6. The number of hydrogen-bond donors (Lipinski definition) is 2. The van der Waals surface area contributed by atoms with E-state index in [2.05, 4.69) is 15.1 Å². The van der Waals surface area contributed by atoms with E-state index in [-0.39, 0.29) is 18.6 Å². The van der Waals surface area contributed by atoms with Crippen LogP contribution in [0.3, 0.4) is 0 Å². The number of carbonyl (C=O) groups excluding carboxylic acids is 1. The van der Waals surface area contributed by atoms with Gasteiger partial charge in [0.05, 0.1) is 36.9 Å². The van der Waals surface area contributed by atoms with Crippen molar-refractivity contribution in [3.8, 4) is 0 Å². The molecule has 5 rings (SSSR count). The molecule has 2 fully saturated rings. The van der Waals surface area contributed by atoms with Crippen LogP contribution in [0.15, 0.2) is 54.6 Å². The van der Waals surface area contributed by atoms with Gasteiger partial charge in [-0.05, 0) is 49.2 Å². The first-order valence-electron chi connectivity index (χ1n) is 11.2. The van der Waals surface area contributed by atoms with E-state index >= 15 is 0 Å². The third kappa shape index (κ3) is 4.13. The molecule has 2 saturated heterocycles. The van der Waals surface area contributed by atoms with E-state index in [4.69, 9.17) is 9.72 Å². The molecule has 1 unspecified atom stereocenters. The van der Waals surface area contributed by atoms with Crippen LogP contribution in [-0.2, 0) is 4.74 Å². The molecule has 0 radical (unpaired) electrons. The molecule has 166 valence electrons. The van der Waals surface area contributed by atoms with Gasteiger partial charge in [0.2, 0.25) is 0 Å². The van der Waals surface area contributed by atoms with Crippen LogP contribution in [-0.4, -0.2) is 61.5 Å². The smallest absolute Gasteiger partial charge is 0.256 e. The summed E-state index contributed by atoms with van der Waals surface area (Å²) in [6, 6.07) is 17.6. The molecule has 2 aromatic carbocycles. The standard InChI is InChI=1S/C25H28N4O3/c30-17-20-4-3-11-29(20)24-16-22(21-5-1-2-6-23(21)27-24)25(31)26-18-7-9-19(10-8-18)28-12-14-32-15-13-28/h1-2,5-10,16,20,30H,3-4,11-15,17H2,(H,26,31). The van der Waals surface area contributed by atoms with Crippen LogP contribution in [0.25, 0.3) is 10.9 Å². The molecular weight excluding hydrogens is 404 g/mol. The number of carbonyl (C=O) groups is 1. The Morgan fingerprint density at radius 2 is 1.88 bits per heavy atom. The Labute approximate surface area is 187 Å². The average Bonchev–Trinajstić information content (AvgIpc) is 3.33. The number of morpholine rings is 1. The third-order valence-electron chi connectivity index (χ3n) is 6.33. The number of fused-ring (bicyclic) bond motifs is 1. The number of aliphatic hydroxyl groups is 1. The van der Waals surface area contributed by atoms with Crippen molar-refractivity contribution in [1.29, 1.82) is 0 Å². The Bertz CT molecular complexity index is 1100. The second-order valence-electron chi connectivity index (χ2n) is 8.32. The highest BCUT2D eigenvalue weighted by Crippen LogP contribution is 2.29. The largest absolute Gasteiger partial charge is 0.394 e. The summed E-state index contributed by atoms with van der Waals surface area (Å²) in [4.78, 5) is 22.5. The van der Waals surface area contributed by atoms with Crippen LogP contribution in [0.5, 0.6) is 0 Å². The number of aromatic nitrogens is 1. The Morgan fingerprint density at radius 1 is 1.09 bits per heavy atom. The van der Waals surface area contributed by atoms with Crippen LogP contribution in [0.2, 0.25) is 0 Å². The number of aliphatic hydroxyl groups excluding tert-OH is 1. The van der Waals surface area contributed by atoms with E-state index in [1.165, 1.54) is 0 Å². The molecular formula is C25H28N4O3. The van der Waals surface area contributed by atoms with Gasteiger partial charge in [0.1, 0.15) is 5.82 Å². The molecule has 1 amide bonds. The van der Waals surface area contributed by atoms with Gasteiger partial charge in [-0.1, -0.05) is 18.2 Å². The number of nitrogens with one attached hydrogen (secondary N) is 1. The SMILES string of the molecule is O=C(Nc1ccc(N2CCOCC2)cc1)c1cc(N2CCCC2CO)nc2ccccc12. The van der Waals surface area contributed by atoms with Crippen LogP contribution in [0, 0.1) is 0 Å². The van der Waals surface area contributed by atoms with E-state index in [1.54, 1.807) is 0 Å². The van der Waals surface area contributed by atoms with Crippen molar-refractivity contribution in [2.24, 2.45) is 0 Å². The molecule has 7 nitrogen and oxygen atoms in total. The van der Waals surface area contributed by atoms with Crippen molar-refractivity contribution in [2.75, 3.05) is 54.6 Å². The minimum atomic E-state index is -0.163. The van der Waals surface area contributed by atoms with Crippen molar-refractivity contribution < 1.29 is 14.6 Å². The number of benzene rings is 2. The van der Waals surface area contributed by atoms with Gasteiger partial charge in [-0.15, -0.1) is 0 Å². The number of anilines is 3. The molecule has 3 aromatic rings. The van der Waals surface area contributed by atoms with Crippen LogP contribution < -0.4 is 15.1 Å². The average molecular weight is 433 g/mol. The third-order valence-corrected chi connectivity index (χ3v) is 6.33. The van der Waals surface area contributed by atoms with Crippen LogP contribution >= 0.6 is 0 Å². The van der Waals surface area contributed by atoms with Crippen molar-refractivity contribution in [2.45, 2.75) is 18.9 Å². The molecule has 2 N–H and O–H groups in total. The summed E-state index contributed by atoms with van der Waals surface area (Å²) in [6.45, 7) is 4.16. The van der Waals surface area contributed by atoms with E-state index in [1.807, 2.05) is 54.6 Å². The van der Waals surface area contributed by atoms with Crippen LogP contribution in [0.4, 0.5) is 17.2 Å². The predicted octanol–water partition coefficient (Wildman–Crippen LogP) is 3.28. The number of amides is 1. The van der Waals surface area contributed by atoms with E-state index in [9.17, 15) is 9.90 Å². The molecule has 0 saturated carbocycles. The summed E-state index contributed by atoms with van der Waals surface area (Å²) in [6.07, 6.45) is 1.94. The minimum absolute atomic E-state index is 0.0484. The van der Waals surface area contributed by atoms with Gasteiger partial charge in [0, 0.05) is 36.4 Å². The normalized spacial score (nSPS) is 18.8. The van der Waals surface area contributed by atoms with Gasteiger partial charge in [-0.25, -0.2) is 4.98 Å². The van der Waals surface area contributed by atoms with Gasteiger partial charge in [0.15, 0.2) is 0 Å². The highest BCUT2D eigenvalue weighted by atomic mass is 16.5. The molecule has 2 aliphatic heterocycles. The molecule has 0 spiro atoms. The molecule has 32 heavy (non-hydrogen) atoms. The number of rotatable bonds is 5. The molecule has 0 bridgehead atoms. The maximum Gasteiger partial charge on any atom is 0.256 e. The predicted molar refractivity (Wildman–Crippen MR) is 127 cm³/mol. The first-order valence-corrected chi connectivity index (χ1v) is 11.2. The van der Waals surface area contributed by atoms with Gasteiger partial charge in [0.25, 0.3) is 5.91 Å². The fraction of sp³-hybridized carbons (Fsp3) is 0.360. The monoisotopic (exact) mass is 432 g/mol. The zero-order valence-corrected chi connectivity index (χ0v) is 18.0. The Hall–Kier alpha value is -3.16. The highest BCUT2D eigenvalue weighted by Gasteiger charge is 2.26. The van der Waals surface area contributed by atoms with Gasteiger partial charge in [-0.2, -0.15) is 0 Å². The first-order chi connectivity index (χ1) is 15.7. The lowest BCUT2D eigenvalue weighted by atomic mass is 10.1. The quantitative estimate of drug-likeness (QED) is 0.644. The van der Waals surface area contributed by atoms with Gasteiger partial charge < -0.3 is 25.0 Å². The highest BCUT2D eigenvalue weighted by molar-refractivity contribution is 6.13. The number of pyridine rings is 1. The van der Waals surface area contributed by atoms with E-state index in [0.717, 1.165) is 73.8 Å². The fourth-order valence-electron chi connectivity index (χ4n) is 4.60. The number of para-hydroxylation sites is 1. The van der Waals surface area contributed by atoms with Gasteiger partial charge in [-0.3, -0.25) is 4.79 Å². The molecule has 0 aliphatic carbocycles. The van der Waals surface area contributed by atoms with Crippen molar-refractivity contribution in [3.05, 3.63) is 60.2 Å². The molecule has 7 heteroatoms. The summed E-state index contributed by atoms with van der Waals surface area (Å²) in [5, 5.41) is 13.6. The van der Waals surface area contributed by atoms with Crippen molar-refractivity contribution in [3.63, 3.8) is 0 Å². The van der Waals surface area contributed by atoms with E-state index in [0.29, 0.717) is 5.56 Å². The Kier molecular flexibility index (Phi) is 5.92. The molecule has 3 heterocycles. The zero-order valence-electron chi connectivity index (χ0n) is 18.0. The lowest BCUT2D eigenvalue weighted by molar-refractivity contribution is 0.102. The molecule has 2 aliphatic rings. The lowest BCUT2D eigenvalue weighted by Gasteiger charge is -2.28. The number of nitrogens with zero attached hydrogens (tertiary/aromatic N) is 3. The second-order valence-corrected chi connectivity index (χ2v) is 8.32. The topological polar surface area (TPSA) is 77.9 Å². The second kappa shape index (κ2) is 9.14. The Balaban J connectivity index is 1.41. The summed E-state index contributed by atoms with van der Waals surface area (Å²) >= 11 is 0. The maximum absolute atomic E-state index is 13.3. The fourth-order valence-corrected chi connectivity index (χ4v) is 4.60. The minimum Gasteiger partial charge on any atom is -0.394 e. The maximum atomic E-state index is 13.3. The molecule has 1 aromatic heterocycles. The summed E-state index contributed by atoms with van der Waals surface area (Å²) in [5.74, 6) is 0.580. The van der Waals surface area contributed by atoms with Crippen LogP contribution in [0.1, 0.15) is 23.2 Å². The van der Waals surface area contributed by atoms with Crippen molar-refractivity contribution >= 4 is 34.0 Å². The van der Waals surface area contributed by atoms with Crippen molar-refractivity contribution in [1.82, 2.24) is 4.98 Å². The summed E-state index contributed by atoms with van der Waals surface area (Å²) < 4.78 is 5.42. The number of ether oxygens (including phenoxy) is 1.